The van der Waals surface area contributed by atoms with Crippen LogP contribution in [0.5, 0.6) is 0 Å². The van der Waals surface area contributed by atoms with Crippen molar-refractivity contribution < 1.29 is 14.0 Å². The summed E-state index contributed by atoms with van der Waals surface area (Å²) in [6, 6.07) is 0. The van der Waals surface area contributed by atoms with Crippen LogP contribution in [0.1, 0.15) is 38.5 Å². The van der Waals surface area contributed by atoms with Gasteiger partial charge in [-0.25, -0.2) is 0 Å². The Balaban J connectivity index is 1.66. The summed E-state index contributed by atoms with van der Waals surface area (Å²) < 4.78 is 17.0. The zero-order valence-corrected chi connectivity index (χ0v) is 11.5. The van der Waals surface area contributed by atoms with Gasteiger partial charge in [-0.3, -0.25) is 9.97 Å². The van der Waals surface area contributed by atoms with Gasteiger partial charge in [0.15, 0.2) is 0 Å². The van der Waals surface area contributed by atoms with Crippen LogP contribution in [-0.2, 0) is 14.0 Å². The fourth-order valence-corrected chi connectivity index (χ4v) is 2.31. The maximum atomic E-state index is 5.69. The monoisotopic (exact) mass is 262 g/mol. The molecule has 1 atom stereocenters. The fraction of sp³-hybridized carbons (Fsp3) is 0.692. The Bertz CT molecular complexity index is 422. The lowest BCUT2D eigenvalue weighted by Crippen LogP contribution is -2.48. The Kier molecular flexibility index (Phi) is 3.56. The van der Waals surface area contributed by atoms with Crippen LogP contribution in [0, 0.1) is 5.41 Å². The van der Waals surface area contributed by atoms with Crippen molar-refractivity contribution in [2.24, 2.45) is 5.41 Å². The number of nitrogens with zero attached hydrogens (tertiary/aromatic N) is 2. The smallest absolute Gasteiger partial charge is 0.406 e. The first-order valence-electron chi connectivity index (χ1n) is 6.81. The summed E-state index contributed by atoms with van der Waals surface area (Å²) in [6.45, 7) is 6.41. The molecular formula is C13H19BN2O3. The molecule has 0 aliphatic carbocycles. The van der Waals surface area contributed by atoms with Crippen LogP contribution in [0.25, 0.3) is 0 Å². The van der Waals surface area contributed by atoms with E-state index < -0.39 is 0 Å². The Morgan fingerprint density at radius 2 is 2.00 bits per heavy atom. The van der Waals surface area contributed by atoms with Crippen LogP contribution in [0.3, 0.4) is 0 Å². The van der Waals surface area contributed by atoms with Crippen molar-refractivity contribution in [2.45, 2.75) is 32.8 Å². The van der Waals surface area contributed by atoms with Crippen molar-refractivity contribution in [3.8, 4) is 0 Å². The maximum Gasteiger partial charge on any atom is 0.515 e. The van der Waals surface area contributed by atoms with Crippen LogP contribution in [0.15, 0.2) is 12.4 Å². The molecule has 2 saturated heterocycles. The van der Waals surface area contributed by atoms with E-state index in [-0.39, 0.29) is 18.6 Å². The summed E-state index contributed by atoms with van der Waals surface area (Å²) in [5.41, 5.74) is 1.70. The number of aromatic nitrogens is 2. The molecule has 2 fully saturated rings. The highest BCUT2D eigenvalue weighted by atomic mass is 16.6. The third-order valence-corrected chi connectivity index (χ3v) is 3.44. The third-order valence-electron chi connectivity index (χ3n) is 3.44. The van der Waals surface area contributed by atoms with Gasteiger partial charge in [0.2, 0.25) is 0 Å². The first-order valence-corrected chi connectivity index (χ1v) is 6.81. The number of hydrogen-bond donors (Lipinski definition) is 0. The standard InChI is InChI=1S/C13H19BN2O3/c1-13(2)8-18-14(19-9-13)12-7-15-10(6-16-12)11-4-3-5-17-11/h6-7,11H,3-5,8-9H2,1-2H3. The molecule has 1 aromatic rings. The van der Waals surface area contributed by atoms with E-state index in [1.165, 1.54) is 0 Å². The molecule has 1 aromatic heterocycles. The molecule has 2 aliphatic rings. The largest absolute Gasteiger partial charge is 0.515 e. The first-order chi connectivity index (χ1) is 9.14. The zero-order valence-electron chi connectivity index (χ0n) is 11.5. The Labute approximate surface area is 113 Å². The van der Waals surface area contributed by atoms with E-state index in [1.807, 2.05) is 0 Å². The minimum absolute atomic E-state index is 0.0710. The molecular weight excluding hydrogens is 243 g/mol. The molecule has 0 radical (unpaired) electrons. The van der Waals surface area contributed by atoms with E-state index >= 15 is 0 Å². The van der Waals surface area contributed by atoms with Gasteiger partial charge < -0.3 is 14.0 Å². The maximum absolute atomic E-state index is 5.69. The van der Waals surface area contributed by atoms with Crippen LogP contribution < -0.4 is 5.59 Å². The number of rotatable bonds is 2. The molecule has 3 heterocycles. The van der Waals surface area contributed by atoms with E-state index in [0.717, 1.165) is 30.7 Å². The van der Waals surface area contributed by atoms with Gasteiger partial charge in [0, 0.05) is 31.4 Å². The van der Waals surface area contributed by atoms with Crippen LogP contribution >= 0.6 is 0 Å². The highest BCUT2D eigenvalue weighted by Crippen LogP contribution is 2.26. The molecule has 0 saturated carbocycles. The second kappa shape index (κ2) is 5.19. The molecule has 2 aliphatic heterocycles. The molecule has 0 aromatic carbocycles. The molecule has 0 spiro atoms. The van der Waals surface area contributed by atoms with E-state index in [4.69, 9.17) is 14.0 Å². The zero-order chi connectivity index (χ0) is 13.3. The lowest BCUT2D eigenvalue weighted by molar-refractivity contribution is 0.0339. The highest BCUT2D eigenvalue weighted by molar-refractivity contribution is 6.60. The van der Waals surface area contributed by atoms with Crippen molar-refractivity contribution in [1.29, 1.82) is 0 Å². The Hall–Kier alpha value is -0.975. The van der Waals surface area contributed by atoms with Gasteiger partial charge in [-0.1, -0.05) is 13.8 Å². The Morgan fingerprint density at radius 3 is 2.58 bits per heavy atom. The van der Waals surface area contributed by atoms with Crippen molar-refractivity contribution in [2.75, 3.05) is 19.8 Å². The van der Waals surface area contributed by atoms with Crippen LogP contribution in [0.4, 0.5) is 0 Å². The molecule has 0 N–H and O–H groups in total. The van der Waals surface area contributed by atoms with Crippen molar-refractivity contribution >= 4 is 12.7 Å². The number of ether oxygens (including phenoxy) is 1. The molecule has 5 nitrogen and oxygen atoms in total. The van der Waals surface area contributed by atoms with Crippen LogP contribution in [-0.4, -0.2) is 36.9 Å². The minimum atomic E-state index is -0.390. The van der Waals surface area contributed by atoms with E-state index in [2.05, 4.69) is 23.8 Å². The molecule has 0 bridgehead atoms. The summed E-state index contributed by atoms with van der Waals surface area (Å²) in [7, 11) is -0.390. The lowest BCUT2D eigenvalue weighted by atomic mass is 9.80. The fourth-order valence-electron chi connectivity index (χ4n) is 2.31. The SMILES string of the molecule is CC1(C)COB(c2cnc(C3CCCO3)cn2)OC1. The molecule has 0 amide bonds. The quantitative estimate of drug-likeness (QED) is 0.747. The van der Waals surface area contributed by atoms with Gasteiger partial charge in [-0.15, -0.1) is 0 Å². The molecule has 19 heavy (non-hydrogen) atoms. The molecule has 3 rings (SSSR count). The third kappa shape index (κ3) is 2.96. The van der Waals surface area contributed by atoms with Gasteiger partial charge in [-0.05, 0) is 12.8 Å². The predicted molar refractivity (Wildman–Crippen MR) is 71.0 cm³/mol. The lowest BCUT2D eigenvalue weighted by Gasteiger charge is -2.32. The molecule has 6 heteroatoms. The van der Waals surface area contributed by atoms with Crippen molar-refractivity contribution in [3.05, 3.63) is 18.1 Å². The normalized spacial score (nSPS) is 26.6. The van der Waals surface area contributed by atoms with E-state index in [1.54, 1.807) is 12.4 Å². The van der Waals surface area contributed by atoms with Crippen molar-refractivity contribution in [1.82, 2.24) is 9.97 Å². The second-order valence-electron chi connectivity index (χ2n) is 5.99. The van der Waals surface area contributed by atoms with Gasteiger partial charge >= 0.3 is 7.12 Å². The topological polar surface area (TPSA) is 53.5 Å². The molecule has 1 unspecified atom stereocenters. The van der Waals surface area contributed by atoms with Crippen LogP contribution in [0.2, 0.25) is 0 Å². The van der Waals surface area contributed by atoms with Gasteiger partial charge in [0.1, 0.15) is 6.10 Å². The van der Waals surface area contributed by atoms with Gasteiger partial charge in [0.25, 0.3) is 0 Å². The summed E-state index contributed by atoms with van der Waals surface area (Å²) >= 11 is 0. The summed E-state index contributed by atoms with van der Waals surface area (Å²) in [5.74, 6) is 0. The average Bonchev–Trinajstić information content (AvgIpc) is 2.93. The highest BCUT2D eigenvalue weighted by Gasteiger charge is 2.34. The van der Waals surface area contributed by atoms with Crippen molar-refractivity contribution in [3.63, 3.8) is 0 Å². The summed E-state index contributed by atoms with van der Waals surface area (Å²) in [4.78, 5) is 8.83. The summed E-state index contributed by atoms with van der Waals surface area (Å²) in [5, 5.41) is 0. The number of hydrogen-bond acceptors (Lipinski definition) is 5. The van der Waals surface area contributed by atoms with E-state index in [0.29, 0.717) is 13.2 Å². The molecule has 102 valence electrons. The first kappa shape index (κ1) is 13.0. The van der Waals surface area contributed by atoms with Gasteiger partial charge in [-0.2, -0.15) is 0 Å². The van der Waals surface area contributed by atoms with Gasteiger partial charge in [0.05, 0.1) is 17.5 Å². The predicted octanol–water partition coefficient (Wildman–Crippen LogP) is 1.10. The summed E-state index contributed by atoms with van der Waals surface area (Å²) in [6.07, 6.45) is 5.74. The Morgan fingerprint density at radius 1 is 1.21 bits per heavy atom. The second-order valence-corrected chi connectivity index (χ2v) is 5.99. The minimum Gasteiger partial charge on any atom is -0.406 e. The average molecular weight is 262 g/mol. The van der Waals surface area contributed by atoms with E-state index in [9.17, 15) is 0 Å².